The average molecular weight is 380 g/mol. The van der Waals surface area contributed by atoms with Crippen LogP contribution in [0, 0.1) is 5.92 Å². The van der Waals surface area contributed by atoms with Crippen molar-refractivity contribution in [3.05, 3.63) is 23.8 Å². The van der Waals surface area contributed by atoms with Crippen LogP contribution in [0.15, 0.2) is 23.1 Å². The van der Waals surface area contributed by atoms with E-state index in [9.17, 15) is 18.0 Å². The summed E-state index contributed by atoms with van der Waals surface area (Å²) in [6, 6.07) is 4.88. The van der Waals surface area contributed by atoms with E-state index >= 15 is 0 Å². The summed E-state index contributed by atoms with van der Waals surface area (Å²) in [5.74, 6) is -0.892. The molecule has 0 saturated carbocycles. The lowest BCUT2D eigenvalue weighted by Gasteiger charge is -2.30. The number of nitrogens with zero attached hydrogens (tertiary/aromatic N) is 2. The number of fused-ring (bicyclic) bond motifs is 1. The topological polar surface area (TPSA) is 95.0 Å². The number of carbonyl (C=O) groups is 2. The van der Waals surface area contributed by atoms with Crippen LogP contribution in [0.2, 0.25) is 0 Å². The van der Waals surface area contributed by atoms with Gasteiger partial charge >= 0.3 is 5.97 Å². The Balaban J connectivity index is 1.79. The minimum absolute atomic E-state index is 0.0551. The van der Waals surface area contributed by atoms with Gasteiger partial charge in [0.1, 0.15) is 0 Å². The third-order valence-electron chi connectivity index (χ3n) is 5.06. The monoisotopic (exact) mass is 380 g/mol. The van der Waals surface area contributed by atoms with E-state index in [2.05, 4.69) is 6.92 Å². The molecule has 1 unspecified atom stereocenters. The summed E-state index contributed by atoms with van der Waals surface area (Å²) in [5, 5.41) is 8.73. The van der Waals surface area contributed by atoms with Crippen LogP contribution in [0.1, 0.15) is 38.2 Å². The van der Waals surface area contributed by atoms with Gasteiger partial charge in [-0.1, -0.05) is 6.92 Å². The molecule has 2 aliphatic rings. The SMILES string of the molecule is CC1CCCN(S(=O)(=O)c2ccc3c(c2)CCN3C(=O)CCC(=O)O)C1. The van der Waals surface area contributed by atoms with Crippen molar-refractivity contribution in [2.75, 3.05) is 24.5 Å². The number of carboxylic acid groups (broad SMARTS) is 1. The van der Waals surface area contributed by atoms with Gasteiger partial charge in [0.25, 0.3) is 0 Å². The summed E-state index contributed by atoms with van der Waals surface area (Å²) in [7, 11) is -3.52. The molecule has 1 fully saturated rings. The van der Waals surface area contributed by atoms with Crippen LogP contribution < -0.4 is 4.90 Å². The Morgan fingerprint density at radius 3 is 2.69 bits per heavy atom. The molecule has 1 N–H and O–H groups in total. The zero-order valence-corrected chi connectivity index (χ0v) is 15.7. The molecule has 8 heteroatoms. The van der Waals surface area contributed by atoms with Crippen LogP contribution in [0.4, 0.5) is 5.69 Å². The average Bonchev–Trinajstić information content (AvgIpc) is 3.03. The molecule has 1 saturated heterocycles. The highest BCUT2D eigenvalue weighted by Crippen LogP contribution is 2.32. The first-order valence-electron chi connectivity index (χ1n) is 8.94. The van der Waals surface area contributed by atoms with Gasteiger partial charge in [0.15, 0.2) is 0 Å². The number of hydrogen-bond donors (Lipinski definition) is 1. The van der Waals surface area contributed by atoms with E-state index in [-0.39, 0.29) is 23.6 Å². The normalized spacial score (nSPS) is 20.8. The number of sulfonamides is 1. The third-order valence-corrected chi connectivity index (χ3v) is 6.92. The summed E-state index contributed by atoms with van der Waals surface area (Å²) in [4.78, 5) is 24.7. The van der Waals surface area contributed by atoms with Gasteiger partial charge in [-0.05, 0) is 48.9 Å². The molecular formula is C18H24N2O5S. The Hall–Kier alpha value is -1.93. The van der Waals surface area contributed by atoms with Crippen molar-refractivity contribution in [3.8, 4) is 0 Å². The van der Waals surface area contributed by atoms with Gasteiger partial charge in [0, 0.05) is 31.7 Å². The largest absolute Gasteiger partial charge is 0.481 e. The molecule has 0 aliphatic carbocycles. The van der Waals surface area contributed by atoms with E-state index in [0.29, 0.717) is 37.7 Å². The molecule has 1 aromatic rings. The number of aliphatic carboxylic acids is 1. The summed E-state index contributed by atoms with van der Waals surface area (Å²) in [6.07, 6.45) is 2.24. The molecule has 1 aromatic carbocycles. The minimum Gasteiger partial charge on any atom is -0.481 e. The van der Waals surface area contributed by atoms with Crippen LogP contribution in [-0.2, 0) is 26.0 Å². The van der Waals surface area contributed by atoms with Gasteiger partial charge in [-0.2, -0.15) is 4.31 Å². The molecule has 2 aliphatic heterocycles. The highest BCUT2D eigenvalue weighted by atomic mass is 32.2. The van der Waals surface area contributed by atoms with Crippen LogP contribution in [-0.4, -0.2) is 49.3 Å². The molecule has 1 atom stereocenters. The smallest absolute Gasteiger partial charge is 0.303 e. The summed E-state index contributed by atoms with van der Waals surface area (Å²) in [6.45, 7) is 3.60. The molecule has 0 radical (unpaired) electrons. The van der Waals surface area contributed by atoms with E-state index in [1.54, 1.807) is 27.4 Å². The van der Waals surface area contributed by atoms with Gasteiger partial charge in [-0.25, -0.2) is 8.42 Å². The summed E-state index contributed by atoms with van der Waals surface area (Å²) < 4.78 is 27.4. The van der Waals surface area contributed by atoms with Crippen molar-refractivity contribution < 1.29 is 23.1 Å². The summed E-state index contributed by atoms with van der Waals surface area (Å²) >= 11 is 0. The lowest BCUT2D eigenvalue weighted by molar-refractivity contribution is -0.138. The molecule has 26 heavy (non-hydrogen) atoms. The zero-order valence-electron chi connectivity index (χ0n) is 14.8. The molecule has 0 bridgehead atoms. The number of anilines is 1. The van der Waals surface area contributed by atoms with Gasteiger partial charge in [-0.3, -0.25) is 9.59 Å². The second-order valence-electron chi connectivity index (χ2n) is 7.09. The van der Waals surface area contributed by atoms with Crippen LogP contribution >= 0.6 is 0 Å². The van der Waals surface area contributed by atoms with Gasteiger partial charge < -0.3 is 10.0 Å². The number of amides is 1. The van der Waals surface area contributed by atoms with Crippen LogP contribution in [0.5, 0.6) is 0 Å². The Kier molecular flexibility index (Phi) is 5.34. The lowest BCUT2D eigenvalue weighted by Crippen LogP contribution is -2.39. The highest BCUT2D eigenvalue weighted by Gasteiger charge is 2.31. The predicted molar refractivity (Wildman–Crippen MR) is 96.5 cm³/mol. The van der Waals surface area contributed by atoms with E-state index in [4.69, 9.17) is 5.11 Å². The van der Waals surface area contributed by atoms with Gasteiger partial charge in [-0.15, -0.1) is 0 Å². The number of carboxylic acids is 1. The predicted octanol–water partition coefficient (Wildman–Crippen LogP) is 1.86. The number of hydrogen-bond acceptors (Lipinski definition) is 4. The first kappa shape index (κ1) is 18.8. The van der Waals surface area contributed by atoms with E-state index in [0.717, 1.165) is 18.4 Å². The van der Waals surface area contributed by atoms with Gasteiger partial charge in [0.05, 0.1) is 11.3 Å². The molecule has 142 valence electrons. The zero-order chi connectivity index (χ0) is 18.9. The Bertz CT molecular complexity index is 821. The lowest BCUT2D eigenvalue weighted by atomic mass is 10.0. The van der Waals surface area contributed by atoms with Crippen molar-refractivity contribution in [3.63, 3.8) is 0 Å². The highest BCUT2D eigenvalue weighted by molar-refractivity contribution is 7.89. The Labute approximate surface area is 153 Å². The van der Waals surface area contributed by atoms with Crippen molar-refractivity contribution >= 4 is 27.6 Å². The number of rotatable bonds is 5. The van der Waals surface area contributed by atoms with Crippen LogP contribution in [0.25, 0.3) is 0 Å². The Morgan fingerprint density at radius 2 is 2.00 bits per heavy atom. The third kappa shape index (κ3) is 3.76. The number of carbonyl (C=O) groups excluding carboxylic acids is 1. The fourth-order valence-electron chi connectivity index (χ4n) is 3.66. The van der Waals surface area contributed by atoms with E-state index in [1.165, 1.54) is 0 Å². The van der Waals surface area contributed by atoms with E-state index < -0.39 is 16.0 Å². The molecule has 3 rings (SSSR count). The molecule has 1 amide bonds. The fraction of sp³-hybridized carbons (Fsp3) is 0.556. The van der Waals surface area contributed by atoms with Crippen molar-refractivity contribution in [2.45, 2.75) is 43.9 Å². The van der Waals surface area contributed by atoms with Gasteiger partial charge in [0.2, 0.25) is 15.9 Å². The fourth-order valence-corrected chi connectivity index (χ4v) is 5.31. The second kappa shape index (κ2) is 7.36. The molecule has 7 nitrogen and oxygen atoms in total. The van der Waals surface area contributed by atoms with Crippen molar-refractivity contribution in [2.24, 2.45) is 5.92 Å². The first-order chi connectivity index (χ1) is 12.3. The van der Waals surface area contributed by atoms with Crippen molar-refractivity contribution in [1.82, 2.24) is 4.31 Å². The maximum Gasteiger partial charge on any atom is 0.303 e. The first-order valence-corrected chi connectivity index (χ1v) is 10.4. The number of benzene rings is 1. The Morgan fingerprint density at radius 1 is 1.23 bits per heavy atom. The molecule has 0 spiro atoms. The molecular weight excluding hydrogens is 356 g/mol. The summed E-state index contributed by atoms with van der Waals surface area (Å²) in [5.41, 5.74) is 1.51. The van der Waals surface area contributed by atoms with Crippen LogP contribution in [0.3, 0.4) is 0 Å². The van der Waals surface area contributed by atoms with E-state index in [1.807, 2.05) is 0 Å². The second-order valence-corrected chi connectivity index (χ2v) is 9.03. The standard InChI is InChI=1S/C18H24N2O5S/c1-13-3-2-9-19(12-13)26(24,25)15-4-5-16-14(11-15)8-10-20(16)17(21)6-7-18(22)23/h4-5,11,13H,2-3,6-10,12H2,1H3,(H,22,23). The van der Waals surface area contributed by atoms with Crippen molar-refractivity contribution in [1.29, 1.82) is 0 Å². The quantitative estimate of drug-likeness (QED) is 0.841. The molecule has 2 heterocycles. The maximum atomic E-state index is 12.9. The number of piperidine rings is 1. The molecule has 0 aromatic heterocycles. The maximum absolute atomic E-state index is 12.9. The minimum atomic E-state index is -3.52.